The van der Waals surface area contributed by atoms with Crippen LogP contribution in [0.1, 0.15) is 0 Å². The van der Waals surface area contributed by atoms with Gasteiger partial charge in [-0.2, -0.15) is 5.10 Å². The van der Waals surface area contributed by atoms with E-state index in [1.807, 2.05) is 0 Å². The van der Waals surface area contributed by atoms with E-state index in [9.17, 15) is 4.39 Å². The third-order valence-electron chi connectivity index (χ3n) is 2.26. The standard InChI is InChI=1S/C10H6ClFN6/c11-10-13-2-1-7(16-10)15-9-6-3-5(12)4-14-8(6)17-18-9/h1-4H,(H2,13,14,15,16,17,18). The third-order valence-corrected chi connectivity index (χ3v) is 2.44. The van der Waals surface area contributed by atoms with Crippen molar-refractivity contribution in [3.8, 4) is 0 Å². The van der Waals surface area contributed by atoms with Gasteiger partial charge < -0.3 is 5.32 Å². The lowest BCUT2D eigenvalue weighted by Gasteiger charge is -2.01. The van der Waals surface area contributed by atoms with Gasteiger partial charge in [0.05, 0.1) is 11.6 Å². The van der Waals surface area contributed by atoms with E-state index in [1.165, 1.54) is 12.3 Å². The number of hydrogen-bond donors (Lipinski definition) is 2. The van der Waals surface area contributed by atoms with Gasteiger partial charge in [0, 0.05) is 6.20 Å². The fourth-order valence-corrected chi connectivity index (χ4v) is 1.65. The molecule has 0 amide bonds. The van der Waals surface area contributed by atoms with Crippen LogP contribution in [0, 0.1) is 5.82 Å². The number of aromatic amines is 1. The molecule has 0 atom stereocenters. The highest BCUT2D eigenvalue weighted by atomic mass is 35.5. The first-order valence-corrected chi connectivity index (χ1v) is 5.35. The molecule has 90 valence electrons. The second-order valence-corrected chi connectivity index (χ2v) is 3.80. The van der Waals surface area contributed by atoms with Gasteiger partial charge in [-0.25, -0.2) is 19.3 Å². The summed E-state index contributed by atoms with van der Waals surface area (Å²) < 4.78 is 13.1. The number of hydrogen-bond acceptors (Lipinski definition) is 5. The Hall–Kier alpha value is -2.28. The molecule has 3 aromatic heterocycles. The molecule has 0 aliphatic heterocycles. The molecule has 0 spiro atoms. The molecule has 3 heterocycles. The maximum atomic E-state index is 13.1. The van der Waals surface area contributed by atoms with Crippen LogP contribution in [-0.4, -0.2) is 25.1 Å². The molecule has 6 nitrogen and oxygen atoms in total. The summed E-state index contributed by atoms with van der Waals surface area (Å²) >= 11 is 5.67. The molecule has 0 bridgehead atoms. The predicted molar refractivity (Wildman–Crippen MR) is 64.2 cm³/mol. The van der Waals surface area contributed by atoms with Gasteiger partial charge in [0.25, 0.3) is 0 Å². The normalized spacial score (nSPS) is 10.8. The summed E-state index contributed by atoms with van der Waals surface area (Å²) in [5, 5.41) is 10.2. The lowest BCUT2D eigenvalue weighted by molar-refractivity contribution is 0.624. The number of pyridine rings is 1. The topological polar surface area (TPSA) is 79.4 Å². The van der Waals surface area contributed by atoms with Crippen LogP contribution in [-0.2, 0) is 0 Å². The van der Waals surface area contributed by atoms with Crippen LogP contribution >= 0.6 is 11.6 Å². The first-order chi connectivity index (χ1) is 8.72. The average Bonchev–Trinajstić information content (AvgIpc) is 2.72. The minimum absolute atomic E-state index is 0.115. The first kappa shape index (κ1) is 10.8. The third kappa shape index (κ3) is 1.95. The van der Waals surface area contributed by atoms with Gasteiger partial charge in [0.15, 0.2) is 11.5 Å². The van der Waals surface area contributed by atoms with E-state index in [0.29, 0.717) is 22.7 Å². The molecular formula is C10H6ClFN6. The second-order valence-electron chi connectivity index (χ2n) is 3.46. The Morgan fingerprint density at radius 2 is 2.22 bits per heavy atom. The fraction of sp³-hybridized carbons (Fsp3) is 0. The van der Waals surface area contributed by atoms with Crippen LogP contribution in [0.25, 0.3) is 11.0 Å². The first-order valence-electron chi connectivity index (χ1n) is 4.97. The van der Waals surface area contributed by atoms with Crippen LogP contribution in [0.2, 0.25) is 5.28 Å². The van der Waals surface area contributed by atoms with E-state index >= 15 is 0 Å². The number of anilines is 2. The molecule has 8 heteroatoms. The van der Waals surface area contributed by atoms with E-state index in [0.717, 1.165) is 6.20 Å². The van der Waals surface area contributed by atoms with Crippen LogP contribution in [0.4, 0.5) is 16.0 Å². The van der Waals surface area contributed by atoms with Crippen molar-refractivity contribution in [2.24, 2.45) is 0 Å². The van der Waals surface area contributed by atoms with E-state index in [2.05, 4.69) is 30.5 Å². The molecule has 18 heavy (non-hydrogen) atoms. The van der Waals surface area contributed by atoms with Crippen molar-refractivity contribution in [3.63, 3.8) is 0 Å². The van der Waals surface area contributed by atoms with Crippen LogP contribution in [0.15, 0.2) is 24.5 Å². The second kappa shape index (κ2) is 4.19. The highest BCUT2D eigenvalue weighted by molar-refractivity contribution is 6.28. The van der Waals surface area contributed by atoms with Crippen molar-refractivity contribution in [2.45, 2.75) is 0 Å². The summed E-state index contributed by atoms with van der Waals surface area (Å²) in [6, 6.07) is 2.95. The Morgan fingerprint density at radius 1 is 1.33 bits per heavy atom. The van der Waals surface area contributed by atoms with E-state index in [1.54, 1.807) is 6.07 Å². The minimum Gasteiger partial charge on any atom is -0.323 e. The van der Waals surface area contributed by atoms with Crippen molar-refractivity contribution in [3.05, 3.63) is 35.6 Å². The van der Waals surface area contributed by atoms with Gasteiger partial charge in [0.1, 0.15) is 11.6 Å². The number of halogens is 2. The van der Waals surface area contributed by atoms with Crippen LogP contribution in [0.3, 0.4) is 0 Å². The van der Waals surface area contributed by atoms with E-state index in [-0.39, 0.29) is 5.28 Å². The number of nitrogens with one attached hydrogen (secondary N) is 2. The number of H-pyrrole nitrogens is 1. The monoisotopic (exact) mass is 264 g/mol. The van der Waals surface area contributed by atoms with Crippen LogP contribution < -0.4 is 5.32 Å². The van der Waals surface area contributed by atoms with Gasteiger partial charge in [-0.3, -0.25) is 5.10 Å². The van der Waals surface area contributed by atoms with Crippen molar-refractivity contribution in [2.75, 3.05) is 5.32 Å². The van der Waals surface area contributed by atoms with Gasteiger partial charge in [-0.1, -0.05) is 0 Å². The van der Waals surface area contributed by atoms with Crippen molar-refractivity contribution in [1.29, 1.82) is 0 Å². The molecule has 0 unspecified atom stereocenters. The molecule has 3 aromatic rings. The molecule has 0 saturated carbocycles. The molecule has 0 radical (unpaired) electrons. The molecule has 3 rings (SSSR count). The fourth-order valence-electron chi connectivity index (χ4n) is 1.50. The molecular weight excluding hydrogens is 259 g/mol. The Bertz CT molecular complexity index is 712. The maximum absolute atomic E-state index is 13.1. The zero-order valence-corrected chi connectivity index (χ0v) is 9.61. The lowest BCUT2D eigenvalue weighted by atomic mass is 10.3. The summed E-state index contributed by atoms with van der Waals surface area (Å²) in [5.74, 6) is 0.451. The van der Waals surface area contributed by atoms with Gasteiger partial charge in [-0.15, -0.1) is 0 Å². The van der Waals surface area contributed by atoms with Crippen molar-refractivity contribution < 1.29 is 4.39 Å². The number of aromatic nitrogens is 5. The highest BCUT2D eigenvalue weighted by Crippen LogP contribution is 2.22. The summed E-state index contributed by atoms with van der Waals surface area (Å²) in [7, 11) is 0. The smallest absolute Gasteiger partial charge is 0.224 e. The summed E-state index contributed by atoms with van der Waals surface area (Å²) in [5.41, 5.74) is 0.485. The van der Waals surface area contributed by atoms with Crippen LogP contribution in [0.5, 0.6) is 0 Å². The molecule has 2 N–H and O–H groups in total. The van der Waals surface area contributed by atoms with Gasteiger partial charge >= 0.3 is 0 Å². The van der Waals surface area contributed by atoms with Gasteiger partial charge in [-0.05, 0) is 23.7 Å². The molecule has 0 aliphatic carbocycles. The van der Waals surface area contributed by atoms with E-state index < -0.39 is 5.82 Å². The highest BCUT2D eigenvalue weighted by Gasteiger charge is 2.08. The summed E-state index contributed by atoms with van der Waals surface area (Å²) in [6.07, 6.45) is 2.62. The van der Waals surface area contributed by atoms with E-state index in [4.69, 9.17) is 11.6 Å². The number of rotatable bonds is 2. The Labute approximate surface area is 105 Å². The lowest BCUT2D eigenvalue weighted by Crippen LogP contribution is -1.95. The number of nitrogens with zero attached hydrogens (tertiary/aromatic N) is 4. The molecule has 0 fully saturated rings. The minimum atomic E-state index is -0.437. The average molecular weight is 265 g/mol. The predicted octanol–water partition coefficient (Wildman–Crippen LogP) is 2.28. The van der Waals surface area contributed by atoms with Gasteiger partial charge in [0.2, 0.25) is 5.28 Å². The largest absolute Gasteiger partial charge is 0.323 e. The Kier molecular flexibility index (Phi) is 2.52. The summed E-state index contributed by atoms with van der Waals surface area (Å²) in [6.45, 7) is 0. The zero-order valence-electron chi connectivity index (χ0n) is 8.85. The Balaban J connectivity index is 2.02. The number of fused-ring (bicyclic) bond motifs is 1. The molecule has 0 aromatic carbocycles. The molecule has 0 aliphatic rings. The SMILES string of the molecule is Fc1cnc2[nH]nc(Nc3ccnc(Cl)n3)c2c1. The Morgan fingerprint density at radius 3 is 3.06 bits per heavy atom. The molecule has 0 saturated heterocycles. The maximum Gasteiger partial charge on any atom is 0.224 e. The summed E-state index contributed by atoms with van der Waals surface area (Å²) in [4.78, 5) is 11.6. The van der Waals surface area contributed by atoms with Crippen molar-refractivity contribution >= 4 is 34.3 Å². The zero-order chi connectivity index (χ0) is 12.5. The van der Waals surface area contributed by atoms with Crippen molar-refractivity contribution in [1.82, 2.24) is 25.1 Å². The quantitative estimate of drug-likeness (QED) is 0.694.